The summed E-state index contributed by atoms with van der Waals surface area (Å²) < 4.78 is 0. The van der Waals surface area contributed by atoms with Gasteiger partial charge in [-0.25, -0.2) is 0 Å². The van der Waals surface area contributed by atoms with Crippen LogP contribution in [0.1, 0.15) is 27.7 Å². The van der Waals surface area contributed by atoms with Crippen molar-refractivity contribution in [2.75, 3.05) is 0 Å². The van der Waals surface area contributed by atoms with Crippen molar-refractivity contribution >= 4 is 5.71 Å². The van der Waals surface area contributed by atoms with Crippen LogP contribution in [0.4, 0.5) is 0 Å². The van der Waals surface area contributed by atoms with Gasteiger partial charge in [0.15, 0.2) is 0 Å². The molecular formula is C13H19N. The second-order valence-corrected chi connectivity index (χ2v) is 2.93. The van der Waals surface area contributed by atoms with Crippen molar-refractivity contribution in [1.82, 2.24) is 0 Å². The summed E-state index contributed by atoms with van der Waals surface area (Å²) >= 11 is 0. The minimum atomic E-state index is 0.568. The Morgan fingerprint density at radius 3 is 2.14 bits per heavy atom. The van der Waals surface area contributed by atoms with E-state index in [4.69, 9.17) is 5.41 Å². The molecule has 0 saturated heterocycles. The van der Waals surface area contributed by atoms with Crippen LogP contribution in [0.2, 0.25) is 0 Å². The number of hydrogen-bond acceptors (Lipinski definition) is 1. The standard InChI is InChI=1S/C11H13N.C2H6/c1-4-5-10-6-8(2)9(3)7-11(10)12;1-2/h4-7,12H,1H2,2-3H3;1-2H3/b10-5-,12-11?;. The predicted octanol–water partition coefficient (Wildman–Crippen LogP) is 4.05. The topological polar surface area (TPSA) is 23.9 Å². The fourth-order valence-corrected chi connectivity index (χ4v) is 1.10. The third-order valence-electron chi connectivity index (χ3n) is 1.96. The lowest BCUT2D eigenvalue weighted by molar-refractivity contribution is 1.31. The molecule has 14 heavy (non-hydrogen) atoms. The van der Waals surface area contributed by atoms with Gasteiger partial charge >= 0.3 is 0 Å². The molecule has 1 heteroatoms. The van der Waals surface area contributed by atoms with Crippen LogP contribution in [0.25, 0.3) is 0 Å². The summed E-state index contributed by atoms with van der Waals surface area (Å²) in [6.07, 6.45) is 7.46. The second kappa shape index (κ2) is 6.14. The van der Waals surface area contributed by atoms with Crippen LogP contribution < -0.4 is 0 Å². The average Bonchev–Trinajstić information content (AvgIpc) is 2.18. The van der Waals surface area contributed by atoms with Crippen LogP contribution in [-0.2, 0) is 0 Å². The van der Waals surface area contributed by atoms with E-state index in [1.807, 2.05) is 39.0 Å². The molecule has 1 nitrogen and oxygen atoms in total. The maximum atomic E-state index is 7.63. The van der Waals surface area contributed by atoms with E-state index >= 15 is 0 Å². The fourth-order valence-electron chi connectivity index (χ4n) is 1.10. The lowest BCUT2D eigenvalue weighted by Gasteiger charge is -2.11. The minimum absolute atomic E-state index is 0.568. The normalized spacial score (nSPS) is 18.0. The van der Waals surface area contributed by atoms with Crippen LogP contribution in [0.5, 0.6) is 0 Å². The Hall–Kier alpha value is -1.37. The van der Waals surface area contributed by atoms with E-state index in [0.29, 0.717) is 5.71 Å². The maximum absolute atomic E-state index is 7.63. The van der Waals surface area contributed by atoms with E-state index in [0.717, 1.165) is 5.57 Å². The van der Waals surface area contributed by atoms with Gasteiger partial charge in [-0.1, -0.05) is 32.6 Å². The first-order chi connectivity index (χ1) is 6.65. The summed E-state index contributed by atoms with van der Waals surface area (Å²) in [6, 6.07) is 0. The lowest BCUT2D eigenvalue weighted by Crippen LogP contribution is -2.02. The average molecular weight is 189 g/mol. The lowest BCUT2D eigenvalue weighted by atomic mass is 9.95. The van der Waals surface area contributed by atoms with Crippen molar-refractivity contribution < 1.29 is 0 Å². The Morgan fingerprint density at radius 2 is 1.64 bits per heavy atom. The molecule has 0 spiro atoms. The fraction of sp³-hybridized carbons (Fsp3) is 0.308. The predicted molar refractivity (Wildman–Crippen MR) is 64.9 cm³/mol. The Labute approximate surface area is 87.0 Å². The van der Waals surface area contributed by atoms with Gasteiger partial charge in [0.05, 0.1) is 5.71 Å². The molecule has 1 aliphatic rings. The molecule has 0 saturated carbocycles. The number of nitrogens with one attached hydrogen (secondary N) is 1. The van der Waals surface area contributed by atoms with Crippen molar-refractivity contribution in [2.24, 2.45) is 0 Å². The highest BCUT2D eigenvalue weighted by molar-refractivity contribution is 6.10. The highest BCUT2D eigenvalue weighted by Gasteiger charge is 2.07. The Balaban J connectivity index is 0.000000791. The van der Waals surface area contributed by atoms with Gasteiger partial charge in [0.2, 0.25) is 0 Å². The zero-order chi connectivity index (χ0) is 11.1. The summed E-state index contributed by atoms with van der Waals surface area (Å²) in [5.74, 6) is 0. The van der Waals surface area contributed by atoms with Gasteiger partial charge in [0.25, 0.3) is 0 Å². The zero-order valence-electron chi connectivity index (χ0n) is 9.52. The third kappa shape index (κ3) is 3.17. The van der Waals surface area contributed by atoms with Crippen LogP contribution in [0, 0.1) is 5.41 Å². The smallest absolute Gasteiger partial charge is 0.0615 e. The SMILES string of the molecule is C=C/C=C1/C=C(C)C(C)=CC1=N.CC. The zero-order valence-corrected chi connectivity index (χ0v) is 9.52. The van der Waals surface area contributed by atoms with E-state index in [2.05, 4.69) is 13.5 Å². The quantitative estimate of drug-likeness (QED) is 0.643. The van der Waals surface area contributed by atoms with Gasteiger partial charge in [-0.15, -0.1) is 0 Å². The molecule has 1 rings (SSSR count). The molecule has 0 amide bonds. The van der Waals surface area contributed by atoms with Gasteiger partial charge < -0.3 is 5.41 Å². The van der Waals surface area contributed by atoms with Crippen LogP contribution in [0.3, 0.4) is 0 Å². The molecule has 0 aromatic heterocycles. The van der Waals surface area contributed by atoms with Crippen molar-refractivity contribution in [3.8, 4) is 0 Å². The molecule has 0 fully saturated rings. The van der Waals surface area contributed by atoms with E-state index in [1.54, 1.807) is 6.08 Å². The molecule has 0 aliphatic heterocycles. The molecule has 0 bridgehead atoms. The highest BCUT2D eigenvalue weighted by Crippen LogP contribution is 2.19. The molecule has 0 aromatic rings. The van der Waals surface area contributed by atoms with Crippen molar-refractivity contribution in [3.05, 3.63) is 47.6 Å². The number of rotatable bonds is 1. The van der Waals surface area contributed by atoms with E-state index in [9.17, 15) is 0 Å². The monoisotopic (exact) mass is 189 g/mol. The molecule has 0 atom stereocenters. The molecule has 0 aromatic carbocycles. The van der Waals surface area contributed by atoms with Crippen molar-refractivity contribution in [1.29, 1.82) is 5.41 Å². The molecule has 0 radical (unpaired) electrons. The molecule has 0 heterocycles. The summed E-state index contributed by atoms with van der Waals surface area (Å²) in [5.41, 5.74) is 3.89. The largest absolute Gasteiger partial charge is 0.300 e. The van der Waals surface area contributed by atoms with Gasteiger partial charge in [-0.3, -0.25) is 0 Å². The molecule has 76 valence electrons. The first kappa shape index (κ1) is 12.6. The van der Waals surface area contributed by atoms with Crippen LogP contribution in [0.15, 0.2) is 47.6 Å². The second-order valence-electron chi connectivity index (χ2n) is 2.93. The maximum Gasteiger partial charge on any atom is 0.0615 e. The summed E-state index contributed by atoms with van der Waals surface area (Å²) in [4.78, 5) is 0. The van der Waals surface area contributed by atoms with E-state index in [1.165, 1.54) is 11.1 Å². The number of hydrogen-bond donors (Lipinski definition) is 1. The van der Waals surface area contributed by atoms with Gasteiger partial charge in [-0.2, -0.15) is 0 Å². The van der Waals surface area contributed by atoms with Crippen molar-refractivity contribution in [3.63, 3.8) is 0 Å². The highest BCUT2D eigenvalue weighted by atomic mass is 14.4. The van der Waals surface area contributed by atoms with Gasteiger partial charge in [-0.05, 0) is 42.7 Å². The summed E-state index contributed by atoms with van der Waals surface area (Å²) in [5, 5.41) is 7.63. The molecule has 1 N–H and O–H groups in total. The van der Waals surface area contributed by atoms with Crippen molar-refractivity contribution in [2.45, 2.75) is 27.7 Å². The minimum Gasteiger partial charge on any atom is -0.300 e. The molecular weight excluding hydrogens is 170 g/mol. The van der Waals surface area contributed by atoms with E-state index in [-0.39, 0.29) is 0 Å². The Bertz CT molecular complexity index is 314. The van der Waals surface area contributed by atoms with Gasteiger partial charge in [0.1, 0.15) is 0 Å². The van der Waals surface area contributed by atoms with Crippen LogP contribution >= 0.6 is 0 Å². The molecule has 1 aliphatic carbocycles. The summed E-state index contributed by atoms with van der Waals surface area (Å²) in [7, 11) is 0. The first-order valence-corrected chi connectivity index (χ1v) is 4.93. The molecule has 0 unspecified atom stereocenters. The number of allylic oxidation sites excluding steroid dienone is 7. The first-order valence-electron chi connectivity index (χ1n) is 4.93. The summed E-state index contributed by atoms with van der Waals surface area (Å²) in [6.45, 7) is 11.7. The van der Waals surface area contributed by atoms with E-state index < -0.39 is 0 Å². The third-order valence-corrected chi connectivity index (χ3v) is 1.96. The van der Waals surface area contributed by atoms with Gasteiger partial charge in [0, 0.05) is 0 Å². The van der Waals surface area contributed by atoms with Crippen LogP contribution in [-0.4, -0.2) is 5.71 Å². The Kier molecular flexibility index (Phi) is 5.54. The Morgan fingerprint density at radius 1 is 1.14 bits per heavy atom.